The molecule has 134 valence electrons. The quantitative estimate of drug-likeness (QED) is 0.800. The van der Waals surface area contributed by atoms with Crippen LogP contribution in [0.25, 0.3) is 0 Å². The molecular formula is C17H23N5O3. The van der Waals surface area contributed by atoms with Crippen LogP contribution in [0.3, 0.4) is 0 Å². The lowest BCUT2D eigenvalue weighted by molar-refractivity contribution is -0.126. The summed E-state index contributed by atoms with van der Waals surface area (Å²) < 4.78 is 13.1. The van der Waals surface area contributed by atoms with Gasteiger partial charge in [0.2, 0.25) is 5.91 Å². The number of nitrogens with one attached hydrogen (secondary N) is 1. The number of carbonyl (C=O) groups is 1. The summed E-state index contributed by atoms with van der Waals surface area (Å²) in [5.74, 6) is 0.636. The number of benzene rings is 1. The van der Waals surface area contributed by atoms with Crippen LogP contribution < -0.4 is 5.32 Å². The first kappa shape index (κ1) is 17.5. The average molecular weight is 345 g/mol. The minimum absolute atomic E-state index is 0.0484. The van der Waals surface area contributed by atoms with Crippen molar-refractivity contribution in [1.82, 2.24) is 25.5 Å². The van der Waals surface area contributed by atoms with Crippen molar-refractivity contribution >= 4 is 5.91 Å². The van der Waals surface area contributed by atoms with Gasteiger partial charge < -0.3 is 14.8 Å². The number of carbonyl (C=O) groups excluding carboxylic acids is 1. The van der Waals surface area contributed by atoms with Crippen molar-refractivity contribution in [1.29, 1.82) is 0 Å². The van der Waals surface area contributed by atoms with Crippen LogP contribution in [0, 0.1) is 6.92 Å². The second-order valence-corrected chi connectivity index (χ2v) is 6.07. The Morgan fingerprint density at radius 1 is 1.40 bits per heavy atom. The van der Waals surface area contributed by atoms with Crippen molar-refractivity contribution in [2.45, 2.75) is 45.1 Å². The molecule has 0 spiro atoms. The van der Waals surface area contributed by atoms with E-state index in [1.54, 1.807) is 11.6 Å². The molecule has 1 saturated heterocycles. The third-order valence-corrected chi connectivity index (χ3v) is 4.21. The summed E-state index contributed by atoms with van der Waals surface area (Å²) in [4.78, 5) is 12.2. The van der Waals surface area contributed by atoms with Crippen LogP contribution in [0.5, 0.6) is 0 Å². The third kappa shape index (κ3) is 5.07. The Hall–Kier alpha value is -2.32. The zero-order chi connectivity index (χ0) is 17.5. The standard InChI is InChI=1S/C17H23N5O3/c1-13-19-20-21-22(13)9-7-17(23)18-15-12-24-10-8-16(15)25-11-14-5-3-2-4-6-14/h2-6,15-16H,7-12H2,1H3,(H,18,23)/t15-,16+/m1/s1. The van der Waals surface area contributed by atoms with Crippen LogP contribution in [0.2, 0.25) is 0 Å². The first-order valence-corrected chi connectivity index (χ1v) is 8.48. The molecule has 1 aromatic carbocycles. The lowest BCUT2D eigenvalue weighted by atomic mass is 10.1. The minimum Gasteiger partial charge on any atom is -0.379 e. The zero-order valence-corrected chi connectivity index (χ0v) is 14.3. The Morgan fingerprint density at radius 3 is 3.00 bits per heavy atom. The van der Waals surface area contributed by atoms with Crippen LogP contribution in [0.1, 0.15) is 24.2 Å². The molecule has 1 aliphatic heterocycles. The number of amides is 1. The largest absolute Gasteiger partial charge is 0.379 e. The maximum atomic E-state index is 12.2. The van der Waals surface area contributed by atoms with Gasteiger partial charge in [-0.3, -0.25) is 4.79 Å². The van der Waals surface area contributed by atoms with Gasteiger partial charge in [0.25, 0.3) is 0 Å². The molecule has 1 amide bonds. The van der Waals surface area contributed by atoms with Gasteiger partial charge in [-0.2, -0.15) is 0 Å². The summed E-state index contributed by atoms with van der Waals surface area (Å²) >= 11 is 0. The number of hydrogen-bond donors (Lipinski definition) is 1. The van der Waals surface area contributed by atoms with E-state index in [0.717, 1.165) is 12.0 Å². The Bertz CT molecular complexity index is 676. The molecule has 1 aliphatic rings. The molecule has 1 aromatic heterocycles. The molecule has 2 atom stereocenters. The van der Waals surface area contributed by atoms with Crippen molar-refractivity contribution in [3.63, 3.8) is 0 Å². The summed E-state index contributed by atoms with van der Waals surface area (Å²) in [5.41, 5.74) is 1.12. The smallest absolute Gasteiger partial charge is 0.222 e. The van der Waals surface area contributed by atoms with Crippen molar-refractivity contribution in [2.75, 3.05) is 13.2 Å². The number of rotatable bonds is 7. The van der Waals surface area contributed by atoms with Crippen LogP contribution in [-0.2, 0) is 27.4 Å². The fourth-order valence-corrected chi connectivity index (χ4v) is 2.77. The SMILES string of the molecule is Cc1nnnn1CCC(=O)N[C@@H]1COCC[C@@H]1OCc1ccccc1. The summed E-state index contributed by atoms with van der Waals surface area (Å²) in [6, 6.07) is 9.88. The molecular weight excluding hydrogens is 322 g/mol. The number of aryl methyl sites for hydroxylation is 2. The Labute approximate surface area is 146 Å². The van der Waals surface area contributed by atoms with Gasteiger partial charge in [-0.25, -0.2) is 4.68 Å². The molecule has 0 radical (unpaired) electrons. The third-order valence-electron chi connectivity index (χ3n) is 4.21. The van der Waals surface area contributed by atoms with Crippen LogP contribution >= 0.6 is 0 Å². The number of nitrogens with zero attached hydrogens (tertiary/aromatic N) is 4. The predicted molar refractivity (Wildman–Crippen MR) is 89.6 cm³/mol. The van der Waals surface area contributed by atoms with Gasteiger partial charge in [0.15, 0.2) is 0 Å². The van der Waals surface area contributed by atoms with E-state index in [0.29, 0.717) is 38.6 Å². The fourth-order valence-electron chi connectivity index (χ4n) is 2.77. The summed E-state index contributed by atoms with van der Waals surface area (Å²) in [6.07, 6.45) is 1.03. The molecule has 0 unspecified atom stereocenters. The van der Waals surface area contributed by atoms with Crippen LogP contribution in [0.4, 0.5) is 0 Å². The van der Waals surface area contributed by atoms with E-state index in [9.17, 15) is 4.79 Å². The highest BCUT2D eigenvalue weighted by Crippen LogP contribution is 2.14. The van der Waals surface area contributed by atoms with E-state index in [4.69, 9.17) is 9.47 Å². The monoisotopic (exact) mass is 345 g/mol. The van der Waals surface area contributed by atoms with Crippen molar-refractivity contribution < 1.29 is 14.3 Å². The maximum Gasteiger partial charge on any atom is 0.222 e. The normalized spacial score (nSPS) is 20.4. The predicted octanol–water partition coefficient (Wildman–Crippen LogP) is 0.862. The van der Waals surface area contributed by atoms with Crippen molar-refractivity contribution in [2.24, 2.45) is 0 Å². The number of aromatic nitrogens is 4. The first-order valence-electron chi connectivity index (χ1n) is 8.48. The van der Waals surface area contributed by atoms with E-state index >= 15 is 0 Å². The second-order valence-electron chi connectivity index (χ2n) is 6.07. The zero-order valence-electron chi connectivity index (χ0n) is 14.3. The molecule has 8 nitrogen and oxygen atoms in total. The molecule has 1 N–H and O–H groups in total. The molecule has 25 heavy (non-hydrogen) atoms. The molecule has 0 saturated carbocycles. The van der Waals surface area contributed by atoms with Gasteiger partial charge in [-0.05, 0) is 29.3 Å². The number of hydrogen-bond acceptors (Lipinski definition) is 6. The molecule has 2 heterocycles. The second kappa shape index (κ2) is 8.68. The van der Waals surface area contributed by atoms with E-state index in [1.807, 2.05) is 30.3 Å². The van der Waals surface area contributed by atoms with Crippen LogP contribution in [0.15, 0.2) is 30.3 Å². The summed E-state index contributed by atoms with van der Waals surface area (Å²) in [7, 11) is 0. The van der Waals surface area contributed by atoms with E-state index in [1.165, 1.54) is 0 Å². The Morgan fingerprint density at radius 2 is 2.24 bits per heavy atom. The van der Waals surface area contributed by atoms with Gasteiger partial charge in [-0.15, -0.1) is 5.10 Å². The highest BCUT2D eigenvalue weighted by Gasteiger charge is 2.28. The molecule has 3 rings (SSSR count). The molecule has 8 heteroatoms. The summed E-state index contributed by atoms with van der Waals surface area (Å²) in [5, 5.41) is 14.2. The first-order chi connectivity index (χ1) is 12.2. The molecule has 0 bridgehead atoms. The topological polar surface area (TPSA) is 91.2 Å². The Kier molecular flexibility index (Phi) is 6.08. The average Bonchev–Trinajstić information content (AvgIpc) is 3.05. The fraction of sp³-hybridized carbons (Fsp3) is 0.529. The lowest BCUT2D eigenvalue weighted by Gasteiger charge is -2.32. The number of tetrazole rings is 1. The molecule has 1 fully saturated rings. The van der Waals surface area contributed by atoms with Gasteiger partial charge in [0.1, 0.15) is 5.82 Å². The van der Waals surface area contributed by atoms with Gasteiger partial charge in [0.05, 0.1) is 31.9 Å². The minimum atomic E-state index is -0.139. The highest BCUT2D eigenvalue weighted by atomic mass is 16.5. The van der Waals surface area contributed by atoms with Crippen LogP contribution in [-0.4, -0.2) is 51.5 Å². The van der Waals surface area contributed by atoms with Crippen molar-refractivity contribution in [3.8, 4) is 0 Å². The van der Waals surface area contributed by atoms with E-state index < -0.39 is 0 Å². The van der Waals surface area contributed by atoms with Gasteiger partial charge in [0, 0.05) is 13.0 Å². The maximum absolute atomic E-state index is 12.2. The summed E-state index contributed by atoms with van der Waals surface area (Å²) in [6.45, 7) is 3.90. The number of ether oxygens (including phenoxy) is 2. The van der Waals surface area contributed by atoms with Gasteiger partial charge in [-0.1, -0.05) is 30.3 Å². The van der Waals surface area contributed by atoms with E-state index in [2.05, 4.69) is 20.8 Å². The lowest BCUT2D eigenvalue weighted by Crippen LogP contribution is -2.50. The van der Waals surface area contributed by atoms with E-state index in [-0.39, 0.29) is 18.1 Å². The molecule has 0 aliphatic carbocycles. The van der Waals surface area contributed by atoms with Crippen molar-refractivity contribution in [3.05, 3.63) is 41.7 Å². The van der Waals surface area contributed by atoms with Gasteiger partial charge >= 0.3 is 0 Å². The Balaban J connectivity index is 1.48. The highest BCUT2D eigenvalue weighted by molar-refractivity contribution is 5.76. The molecule has 2 aromatic rings.